The van der Waals surface area contributed by atoms with Crippen molar-refractivity contribution in [1.82, 2.24) is 19.9 Å². The fraction of sp³-hybridized carbons (Fsp3) is 0.125. The highest BCUT2D eigenvalue weighted by molar-refractivity contribution is 5.97. The summed E-state index contributed by atoms with van der Waals surface area (Å²) < 4.78 is 0. The topological polar surface area (TPSA) is 80.7 Å². The van der Waals surface area contributed by atoms with Crippen molar-refractivity contribution in [3.63, 3.8) is 0 Å². The fourth-order valence-corrected chi connectivity index (χ4v) is 3.04. The lowest BCUT2D eigenvalue weighted by molar-refractivity contribution is 0.0993. The molecule has 0 unspecified atom stereocenters. The number of pyridine rings is 1. The van der Waals surface area contributed by atoms with E-state index in [1.54, 1.807) is 6.20 Å². The number of rotatable bonds is 7. The zero-order chi connectivity index (χ0) is 20.8. The van der Waals surface area contributed by atoms with Crippen molar-refractivity contribution in [2.75, 3.05) is 5.32 Å². The number of nitrogens with zero attached hydrogens (tertiary/aromatic N) is 4. The van der Waals surface area contributed by atoms with Crippen LogP contribution in [0.4, 0.5) is 5.95 Å². The summed E-state index contributed by atoms with van der Waals surface area (Å²) in [4.78, 5) is 29.9. The average molecular weight is 395 g/mol. The van der Waals surface area contributed by atoms with Crippen LogP contribution in [0.25, 0.3) is 11.5 Å². The van der Waals surface area contributed by atoms with Crippen LogP contribution < -0.4 is 5.32 Å². The molecule has 2 aromatic carbocycles. The van der Waals surface area contributed by atoms with E-state index in [0.717, 1.165) is 11.1 Å². The number of hydrogen-bond acceptors (Lipinski definition) is 6. The van der Waals surface area contributed by atoms with E-state index in [2.05, 4.69) is 25.3 Å². The molecule has 0 spiro atoms. The van der Waals surface area contributed by atoms with Crippen molar-refractivity contribution in [3.8, 4) is 11.5 Å². The molecule has 0 amide bonds. The van der Waals surface area contributed by atoms with Gasteiger partial charge in [0.25, 0.3) is 0 Å². The van der Waals surface area contributed by atoms with Crippen LogP contribution in [0.15, 0.2) is 79.0 Å². The van der Waals surface area contributed by atoms with Gasteiger partial charge in [0.15, 0.2) is 11.6 Å². The van der Waals surface area contributed by atoms with Gasteiger partial charge in [-0.2, -0.15) is 9.97 Å². The summed E-state index contributed by atoms with van der Waals surface area (Å²) in [5, 5.41) is 3.23. The van der Waals surface area contributed by atoms with Gasteiger partial charge < -0.3 is 5.32 Å². The average Bonchev–Trinajstić information content (AvgIpc) is 2.79. The number of ketones is 1. The highest BCUT2D eigenvalue weighted by Crippen LogP contribution is 2.14. The third kappa shape index (κ3) is 4.91. The van der Waals surface area contributed by atoms with Gasteiger partial charge in [-0.25, -0.2) is 4.98 Å². The molecule has 30 heavy (non-hydrogen) atoms. The van der Waals surface area contributed by atoms with Crippen LogP contribution in [-0.4, -0.2) is 25.7 Å². The number of anilines is 1. The normalized spacial score (nSPS) is 10.6. The standard InChI is InChI=1S/C24H21N5O/c1-17-27-23(21-9-5-6-14-25-21)29-24(28-17)26-16-19-10-12-20(13-11-19)22(30)15-18-7-3-2-4-8-18/h2-14H,15-16H2,1H3,(H,26,27,28,29). The van der Waals surface area contributed by atoms with Crippen molar-refractivity contribution in [1.29, 1.82) is 0 Å². The Morgan fingerprint density at radius 2 is 1.60 bits per heavy atom. The zero-order valence-electron chi connectivity index (χ0n) is 16.6. The molecule has 0 saturated heterocycles. The molecular formula is C24H21N5O. The second-order valence-corrected chi connectivity index (χ2v) is 6.88. The highest BCUT2D eigenvalue weighted by atomic mass is 16.1. The van der Waals surface area contributed by atoms with Gasteiger partial charge in [-0.1, -0.05) is 60.7 Å². The molecule has 0 saturated carbocycles. The maximum Gasteiger partial charge on any atom is 0.226 e. The minimum Gasteiger partial charge on any atom is -0.350 e. The molecule has 4 rings (SSSR count). The second-order valence-electron chi connectivity index (χ2n) is 6.88. The molecule has 0 aliphatic carbocycles. The first kappa shape index (κ1) is 19.4. The maximum absolute atomic E-state index is 12.5. The van der Waals surface area contributed by atoms with Gasteiger partial charge in [0, 0.05) is 24.7 Å². The summed E-state index contributed by atoms with van der Waals surface area (Å²) >= 11 is 0. The lowest BCUT2D eigenvalue weighted by Gasteiger charge is -2.08. The highest BCUT2D eigenvalue weighted by Gasteiger charge is 2.09. The summed E-state index contributed by atoms with van der Waals surface area (Å²) in [7, 11) is 0. The monoisotopic (exact) mass is 395 g/mol. The molecule has 1 N–H and O–H groups in total. The Morgan fingerprint density at radius 1 is 0.833 bits per heavy atom. The smallest absolute Gasteiger partial charge is 0.226 e. The molecule has 2 heterocycles. The number of carbonyl (C=O) groups is 1. The minimum absolute atomic E-state index is 0.105. The van der Waals surface area contributed by atoms with Crippen molar-refractivity contribution in [2.24, 2.45) is 0 Å². The second kappa shape index (κ2) is 9.05. The maximum atomic E-state index is 12.5. The number of nitrogens with one attached hydrogen (secondary N) is 1. The van der Waals surface area contributed by atoms with E-state index in [1.807, 2.05) is 79.7 Å². The van der Waals surface area contributed by atoms with Gasteiger partial charge in [0.2, 0.25) is 5.95 Å². The lowest BCUT2D eigenvalue weighted by atomic mass is 10.0. The van der Waals surface area contributed by atoms with Crippen LogP contribution in [-0.2, 0) is 13.0 Å². The SMILES string of the molecule is Cc1nc(NCc2ccc(C(=O)Cc3ccccc3)cc2)nc(-c2ccccn2)n1. The van der Waals surface area contributed by atoms with Crippen molar-refractivity contribution in [2.45, 2.75) is 19.9 Å². The van der Waals surface area contributed by atoms with Crippen molar-refractivity contribution < 1.29 is 4.79 Å². The summed E-state index contributed by atoms with van der Waals surface area (Å²) in [6, 6.07) is 23.0. The third-order valence-corrected chi connectivity index (χ3v) is 4.58. The van der Waals surface area contributed by atoms with Crippen LogP contribution in [0.2, 0.25) is 0 Å². The van der Waals surface area contributed by atoms with Gasteiger partial charge in [0.05, 0.1) is 0 Å². The first-order valence-electron chi connectivity index (χ1n) is 9.71. The molecule has 2 aromatic heterocycles. The Labute approximate surface area is 175 Å². The van der Waals surface area contributed by atoms with E-state index in [1.165, 1.54) is 0 Å². The van der Waals surface area contributed by atoms with Gasteiger partial charge >= 0.3 is 0 Å². The number of hydrogen-bond donors (Lipinski definition) is 1. The fourth-order valence-electron chi connectivity index (χ4n) is 3.04. The predicted molar refractivity (Wildman–Crippen MR) is 116 cm³/mol. The van der Waals surface area contributed by atoms with Crippen LogP contribution in [0.1, 0.15) is 27.3 Å². The number of benzene rings is 2. The van der Waals surface area contributed by atoms with E-state index in [0.29, 0.717) is 41.8 Å². The molecule has 6 heteroatoms. The van der Waals surface area contributed by atoms with Gasteiger partial charge in [-0.3, -0.25) is 9.78 Å². The molecule has 0 aliphatic rings. The summed E-state index contributed by atoms with van der Waals surface area (Å²) in [5.41, 5.74) is 3.45. The quantitative estimate of drug-likeness (QED) is 0.471. The van der Waals surface area contributed by atoms with Crippen LogP contribution in [0.3, 0.4) is 0 Å². The van der Waals surface area contributed by atoms with Crippen molar-refractivity contribution >= 4 is 11.7 Å². The number of aromatic nitrogens is 4. The van der Waals surface area contributed by atoms with Gasteiger partial charge in [-0.05, 0) is 30.2 Å². The molecule has 0 bridgehead atoms. The number of Topliss-reactive ketones (excluding diaryl/α,β-unsaturated/α-hetero) is 1. The Morgan fingerprint density at radius 3 is 2.33 bits per heavy atom. The van der Waals surface area contributed by atoms with E-state index in [-0.39, 0.29) is 5.78 Å². The first-order valence-corrected chi connectivity index (χ1v) is 9.71. The summed E-state index contributed by atoms with van der Waals surface area (Å²) in [6.07, 6.45) is 2.11. The van der Waals surface area contributed by atoms with Crippen LogP contribution in [0, 0.1) is 6.92 Å². The molecular weight excluding hydrogens is 374 g/mol. The molecule has 0 fully saturated rings. The molecule has 6 nitrogen and oxygen atoms in total. The summed E-state index contributed by atoms with van der Waals surface area (Å²) in [6.45, 7) is 2.37. The first-order chi connectivity index (χ1) is 14.7. The molecule has 0 radical (unpaired) electrons. The Kier molecular flexibility index (Phi) is 5.85. The summed E-state index contributed by atoms with van der Waals surface area (Å²) in [5.74, 6) is 1.75. The molecule has 4 aromatic rings. The number of aryl methyl sites for hydroxylation is 1. The van der Waals surface area contributed by atoms with Gasteiger partial charge in [-0.15, -0.1) is 0 Å². The van der Waals surface area contributed by atoms with Gasteiger partial charge in [0.1, 0.15) is 11.5 Å². The third-order valence-electron chi connectivity index (χ3n) is 4.58. The predicted octanol–water partition coefficient (Wildman–Crippen LogP) is 4.28. The van der Waals surface area contributed by atoms with E-state index in [4.69, 9.17) is 0 Å². The van der Waals surface area contributed by atoms with Crippen LogP contribution in [0.5, 0.6) is 0 Å². The lowest BCUT2D eigenvalue weighted by Crippen LogP contribution is -2.08. The van der Waals surface area contributed by atoms with E-state index >= 15 is 0 Å². The Hall–Kier alpha value is -3.93. The Bertz CT molecular complexity index is 1130. The Balaban J connectivity index is 1.41. The zero-order valence-corrected chi connectivity index (χ0v) is 16.6. The largest absolute Gasteiger partial charge is 0.350 e. The van der Waals surface area contributed by atoms with Crippen molar-refractivity contribution in [3.05, 3.63) is 102 Å². The molecule has 0 atom stereocenters. The van der Waals surface area contributed by atoms with E-state index in [9.17, 15) is 4.79 Å². The number of carbonyl (C=O) groups excluding carboxylic acids is 1. The minimum atomic E-state index is 0.105. The van der Waals surface area contributed by atoms with E-state index < -0.39 is 0 Å². The molecule has 0 aliphatic heterocycles. The molecule has 148 valence electrons. The van der Waals surface area contributed by atoms with Crippen LogP contribution >= 0.6 is 0 Å².